The SMILES string of the molecule is CO[C@@H]([C@@H](C)O)[C@@H](C)OC(C)(C)C[C@H](C)/C=C/C=C(\C)[C@H]1O[C@@H](CC(=O)N[C@@H](CCCOC(C)=O)C(=O)O)CC[C@@H]1C. The van der Waals surface area contributed by atoms with Gasteiger partial charge in [-0.25, -0.2) is 4.79 Å². The molecule has 42 heavy (non-hydrogen) atoms. The van der Waals surface area contributed by atoms with Crippen LogP contribution in [0.25, 0.3) is 0 Å². The van der Waals surface area contributed by atoms with Gasteiger partial charge in [0.2, 0.25) is 5.91 Å². The minimum atomic E-state index is -1.12. The first-order valence-electron chi connectivity index (χ1n) is 15.1. The maximum atomic E-state index is 12.6. The maximum absolute atomic E-state index is 12.6. The van der Waals surface area contributed by atoms with E-state index >= 15 is 0 Å². The number of esters is 1. The van der Waals surface area contributed by atoms with E-state index in [0.717, 1.165) is 24.8 Å². The van der Waals surface area contributed by atoms with Crippen LogP contribution in [0, 0.1) is 11.8 Å². The molecular formula is C32H55NO9. The molecule has 1 aliphatic heterocycles. The van der Waals surface area contributed by atoms with E-state index in [9.17, 15) is 24.6 Å². The van der Waals surface area contributed by atoms with Gasteiger partial charge in [-0.1, -0.05) is 32.1 Å². The Morgan fingerprint density at radius 1 is 1.14 bits per heavy atom. The Labute approximate surface area is 252 Å². The molecule has 1 saturated heterocycles. The quantitative estimate of drug-likeness (QED) is 0.118. The smallest absolute Gasteiger partial charge is 0.326 e. The molecule has 1 aliphatic rings. The lowest BCUT2D eigenvalue weighted by atomic mass is 9.88. The predicted octanol–water partition coefficient (Wildman–Crippen LogP) is 4.58. The molecule has 1 fully saturated rings. The summed E-state index contributed by atoms with van der Waals surface area (Å²) in [6, 6.07) is -1.04. The Kier molecular flexibility index (Phi) is 16.5. The molecule has 1 amide bonds. The van der Waals surface area contributed by atoms with Gasteiger partial charge in [0.15, 0.2) is 0 Å². The van der Waals surface area contributed by atoms with Crippen LogP contribution in [0.1, 0.15) is 93.9 Å². The molecule has 0 bridgehead atoms. The number of carbonyl (C=O) groups excluding carboxylic acids is 2. The van der Waals surface area contributed by atoms with Gasteiger partial charge in [-0.2, -0.15) is 0 Å². The van der Waals surface area contributed by atoms with E-state index in [1.165, 1.54) is 6.92 Å². The van der Waals surface area contributed by atoms with Crippen LogP contribution in [0.2, 0.25) is 0 Å². The molecule has 1 rings (SSSR count). The fourth-order valence-electron chi connectivity index (χ4n) is 5.67. The normalized spacial score (nSPS) is 23.6. The lowest BCUT2D eigenvalue weighted by molar-refractivity contribution is -0.149. The standard InChI is InChI=1S/C32H55NO9/c1-20(19-32(7,8)42-24(5)30(39-9)23(4)34)12-10-13-21(2)29-22(3)15-16-26(41-29)18-28(36)33-27(31(37)38)14-11-17-40-25(6)35/h10,12-13,20,22-24,26-27,29-30,34H,11,14-19H2,1-9H3,(H,33,36)(H,37,38)/b12-10+,21-13+/t20-,22+,23-,24-,26-,27+,29-,30+/m1/s1. The second-order valence-electron chi connectivity index (χ2n) is 12.4. The number of carboxylic acids is 1. The lowest BCUT2D eigenvalue weighted by Gasteiger charge is -2.35. The van der Waals surface area contributed by atoms with Crippen LogP contribution in [0.4, 0.5) is 0 Å². The highest BCUT2D eigenvalue weighted by molar-refractivity contribution is 5.83. The largest absolute Gasteiger partial charge is 0.480 e. The summed E-state index contributed by atoms with van der Waals surface area (Å²) in [5.41, 5.74) is 0.652. The van der Waals surface area contributed by atoms with E-state index in [-0.39, 0.29) is 55.5 Å². The minimum absolute atomic E-state index is 0.0869. The van der Waals surface area contributed by atoms with Crippen LogP contribution in [-0.4, -0.2) is 83.9 Å². The average Bonchev–Trinajstić information content (AvgIpc) is 2.86. The Morgan fingerprint density at radius 2 is 1.81 bits per heavy atom. The van der Waals surface area contributed by atoms with Gasteiger partial charge >= 0.3 is 11.9 Å². The first-order valence-corrected chi connectivity index (χ1v) is 15.1. The highest BCUT2D eigenvalue weighted by Gasteiger charge is 2.32. The summed E-state index contributed by atoms with van der Waals surface area (Å²) in [6.07, 6.45) is 7.50. The van der Waals surface area contributed by atoms with Gasteiger partial charge in [-0.05, 0) is 84.1 Å². The van der Waals surface area contributed by atoms with Crippen LogP contribution < -0.4 is 5.32 Å². The number of methoxy groups -OCH3 is 1. The zero-order valence-corrected chi connectivity index (χ0v) is 27.1. The number of nitrogens with one attached hydrogen (secondary N) is 1. The van der Waals surface area contributed by atoms with Gasteiger partial charge in [-0.3, -0.25) is 9.59 Å². The van der Waals surface area contributed by atoms with E-state index in [4.69, 9.17) is 18.9 Å². The summed E-state index contributed by atoms with van der Waals surface area (Å²) in [4.78, 5) is 35.1. The summed E-state index contributed by atoms with van der Waals surface area (Å²) < 4.78 is 22.8. The number of carbonyl (C=O) groups is 3. The van der Waals surface area contributed by atoms with Crippen molar-refractivity contribution in [3.8, 4) is 0 Å². The Bertz CT molecular complexity index is 914. The van der Waals surface area contributed by atoms with Crippen LogP contribution in [0.5, 0.6) is 0 Å². The molecule has 0 radical (unpaired) electrons. The third-order valence-corrected chi connectivity index (χ3v) is 7.57. The third kappa shape index (κ3) is 14.3. The first kappa shape index (κ1) is 37.8. The van der Waals surface area contributed by atoms with E-state index in [1.54, 1.807) is 14.0 Å². The van der Waals surface area contributed by atoms with Crippen molar-refractivity contribution in [1.29, 1.82) is 0 Å². The monoisotopic (exact) mass is 597 g/mol. The summed E-state index contributed by atoms with van der Waals surface area (Å²) in [7, 11) is 1.57. The molecule has 10 heteroatoms. The lowest BCUT2D eigenvalue weighted by Crippen LogP contribution is -2.43. The fraction of sp³-hybridized carbons (Fsp3) is 0.781. The first-order chi connectivity index (χ1) is 19.6. The number of amides is 1. The third-order valence-electron chi connectivity index (χ3n) is 7.57. The van der Waals surface area contributed by atoms with Crippen molar-refractivity contribution in [3.05, 3.63) is 23.8 Å². The predicted molar refractivity (Wildman–Crippen MR) is 161 cm³/mol. The number of ether oxygens (including phenoxy) is 4. The molecule has 242 valence electrons. The molecular weight excluding hydrogens is 542 g/mol. The van der Waals surface area contributed by atoms with Gasteiger partial charge in [0.05, 0.1) is 43.0 Å². The Balaban J connectivity index is 2.67. The Morgan fingerprint density at radius 3 is 2.38 bits per heavy atom. The molecule has 0 spiro atoms. The number of aliphatic hydroxyl groups is 1. The summed E-state index contributed by atoms with van der Waals surface area (Å²) >= 11 is 0. The number of hydrogen-bond acceptors (Lipinski definition) is 8. The van der Waals surface area contributed by atoms with Crippen molar-refractivity contribution >= 4 is 17.8 Å². The Hall–Kier alpha value is -2.27. The number of carboxylic acid groups (broad SMARTS) is 1. The molecule has 0 aromatic heterocycles. The number of aliphatic hydroxyl groups excluding tert-OH is 1. The molecule has 0 aromatic carbocycles. The molecule has 0 aromatic rings. The highest BCUT2D eigenvalue weighted by Crippen LogP contribution is 2.31. The molecule has 0 unspecified atom stereocenters. The zero-order chi connectivity index (χ0) is 32.0. The molecule has 3 N–H and O–H groups in total. The van der Waals surface area contributed by atoms with Gasteiger partial charge < -0.3 is 34.5 Å². The summed E-state index contributed by atoms with van der Waals surface area (Å²) in [5, 5.41) is 22.0. The second kappa shape index (κ2) is 18.4. The summed E-state index contributed by atoms with van der Waals surface area (Å²) in [6.45, 7) is 15.4. The van der Waals surface area contributed by atoms with Crippen LogP contribution in [0.3, 0.4) is 0 Å². The fourth-order valence-corrected chi connectivity index (χ4v) is 5.67. The number of rotatable bonds is 18. The van der Waals surface area contributed by atoms with Gasteiger partial charge in [-0.15, -0.1) is 0 Å². The average molecular weight is 598 g/mol. The van der Waals surface area contributed by atoms with Crippen molar-refractivity contribution < 1.29 is 43.5 Å². The maximum Gasteiger partial charge on any atom is 0.326 e. The van der Waals surface area contributed by atoms with E-state index in [1.807, 2.05) is 33.8 Å². The van der Waals surface area contributed by atoms with Crippen molar-refractivity contribution in [2.45, 2.75) is 136 Å². The minimum Gasteiger partial charge on any atom is -0.480 e. The van der Waals surface area contributed by atoms with Gasteiger partial charge in [0.1, 0.15) is 12.1 Å². The van der Waals surface area contributed by atoms with Crippen LogP contribution >= 0.6 is 0 Å². The van der Waals surface area contributed by atoms with Crippen molar-refractivity contribution in [2.75, 3.05) is 13.7 Å². The van der Waals surface area contributed by atoms with Gasteiger partial charge in [0, 0.05) is 14.0 Å². The van der Waals surface area contributed by atoms with Crippen molar-refractivity contribution in [3.63, 3.8) is 0 Å². The molecule has 8 atom stereocenters. The zero-order valence-electron chi connectivity index (χ0n) is 27.1. The molecule has 0 saturated carbocycles. The highest BCUT2D eigenvalue weighted by atomic mass is 16.6. The van der Waals surface area contributed by atoms with Gasteiger partial charge in [0.25, 0.3) is 0 Å². The number of aliphatic carboxylic acids is 1. The van der Waals surface area contributed by atoms with E-state index in [2.05, 4.69) is 31.3 Å². The van der Waals surface area contributed by atoms with Crippen molar-refractivity contribution in [1.82, 2.24) is 5.32 Å². The van der Waals surface area contributed by atoms with Crippen LogP contribution in [-0.2, 0) is 33.3 Å². The van der Waals surface area contributed by atoms with Crippen molar-refractivity contribution in [2.24, 2.45) is 11.8 Å². The van der Waals surface area contributed by atoms with E-state index in [0.29, 0.717) is 6.42 Å². The van der Waals surface area contributed by atoms with E-state index < -0.39 is 35.8 Å². The number of allylic oxidation sites excluding steroid dienone is 3. The summed E-state index contributed by atoms with van der Waals surface area (Å²) in [5.74, 6) is -1.39. The molecule has 1 heterocycles. The second-order valence-corrected chi connectivity index (χ2v) is 12.4. The van der Waals surface area contributed by atoms with Crippen LogP contribution in [0.15, 0.2) is 23.8 Å². The molecule has 10 nitrogen and oxygen atoms in total. The number of hydrogen-bond donors (Lipinski definition) is 3. The topological polar surface area (TPSA) is 141 Å². The molecule has 0 aliphatic carbocycles.